The summed E-state index contributed by atoms with van der Waals surface area (Å²) in [5.41, 5.74) is 0. The van der Waals surface area contributed by atoms with Gasteiger partial charge in [0.2, 0.25) is 0 Å². The topological polar surface area (TPSA) is 41.5 Å². The Morgan fingerprint density at radius 3 is 2.77 bits per heavy atom. The number of aliphatic hydroxyl groups excluding tert-OH is 1. The van der Waals surface area contributed by atoms with Gasteiger partial charge in [-0.3, -0.25) is 0 Å². The first-order valence-corrected chi connectivity index (χ1v) is 5.23. The lowest BCUT2D eigenvalue weighted by molar-refractivity contribution is 0.0744. The predicted octanol–water partition coefficient (Wildman–Crippen LogP) is 0.914. The van der Waals surface area contributed by atoms with Crippen molar-refractivity contribution in [3.05, 3.63) is 0 Å². The van der Waals surface area contributed by atoms with Crippen LogP contribution in [-0.2, 0) is 4.74 Å². The summed E-state index contributed by atoms with van der Waals surface area (Å²) in [6, 6.07) is 0.302. The second kappa shape index (κ2) is 5.58. The van der Waals surface area contributed by atoms with Crippen LogP contribution in [0.2, 0.25) is 0 Å². The summed E-state index contributed by atoms with van der Waals surface area (Å²) in [6.45, 7) is 5.65. The fraction of sp³-hybridized carbons (Fsp3) is 1.00. The molecule has 1 aliphatic carbocycles. The fourth-order valence-corrected chi connectivity index (χ4v) is 1.72. The molecule has 0 radical (unpaired) electrons. The van der Waals surface area contributed by atoms with Gasteiger partial charge in [0.25, 0.3) is 0 Å². The van der Waals surface area contributed by atoms with E-state index in [1.165, 1.54) is 0 Å². The van der Waals surface area contributed by atoms with Gasteiger partial charge in [0.15, 0.2) is 0 Å². The zero-order chi connectivity index (χ0) is 9.68. The zero-order valence-corrected chi connectivity index (χ0v) is 8.62. The van der Waals surface area contributed by atoms with Crippen molar-refractivity contribution in [1.29, 1.82) is 0 Å². The molecule has 1 rings (SSSR count). The SMILES string of the molecule is CC(C)OCCNC1CCCC1O. The van der Waals surface area contributed by atoms with Crippen LogP contribution < -0.4 is 5.32 Å². The molecule has 1 aliphatic rings. The van der Waals surface area contributed by atoms with Gasteiger partial charge >= 0.3 is 0 Å². The van der Waals surface area contributed by atoms with E-state index in [0.29, 0.717) is 12.1 Å². The van der Waals surface area contributed by atoms with E-state index in [4.69, 9.17) is 4.74 Å². The molecule has 0 aromatic rings. The van der Waals surface area contributed by atoms with Crippen LogP contribution in [0.5, 0.6) is 0 Å². The first kappa shape index (κ1) is 11.0. The second-order valence-electron chi connectivity index (χ2n) is 3.98. The largest absolute Gasteiger partial charge is 0.392 e. The minimum atomic E-state index is -0.140. The Balaban J connectivity index is 1.99. The number of nitrogens with one attached hydrogen (secondary N) is 1. The van der Waals surface area contributed by atoms with Crippen molar-refractivity contribution in [3.63, 3.8) is 0 Å². The highest BCUT2D eigenvalue weighted by molar-refractivity contribution is 4.82. The minimum absolute atomic E-state index is 0.140. The monoisotopic (exact) mass is 187 g/mol. The van der Waals surface area contributed by atoms with E-state index >= 15 is 0 Å². The van der Waals surface area contributed by atoms with Crippen molar-refractivity contribution in [2.45, 2.75) is 51.4 Å². The third-order valence-electron chi connectivity index (χ3n) is 2.44. The van der Waals surface area contributed by atoms with E-state index in [1.54, 1.807) is 0 Å². The molecule has 0 aromatic carbocycles. The third-order valence-corrected chi connectivity index (χ3v) is 2.44. The molecule has 13 heavy (non-hydrogen) atoms. The van der Waals surface area contributed by atoms with Gasteiger partial charge < -0.3 is 15.2 Å². The Hall–Kier alpha value is -0.120. The predicted molar refractivity (Wildman–Crippen MR) is 52.7 cm³/mol. The average molecular weight is 187 g/mol. The van der Waals surface area contributed by atoms with E-state index in [1.807, 2.05) is 13.8 Å². The quantitative estimate of drug-likeness (QED) is 0.629. The Kier molecular flexibility index (Phi) is 4.70. The Morgan fingerprint density at radius 2 is 2.23 bits per heavy atom. The standard InChI is InChI=1S/C10H21NO2/c1-8(2)13-7-6-11-9-4-3-5-10(9)12/h8-12H,3-7H2,1-2H3. The Bertz CT molecular complexity index is 139. The van der Waals surface area contributed by atoms with Crippen molar-refractivity contribution in [2.24, 2.45) is 0 Å². The molecule has 0 spiro atoms. The lowest BCUT2D eigenvalue weighted by Gasteiger charge is -2.16. The normalized spacial score (nSPS) is 28.6. The molecule has 0 bridgehead atoms. The molecule has 78 valence electrons. The maximum Gasteiger partial charge on any atom is 0.0693 e. The summed E-state index contributed by atoms with van der Waals surface area (Å²) in [5, 5.41) is 12.8. The second-order valence-corrected chi connectivity index (χ2v) is 3.98. The van der Waals surface area contributed by atoms with Crippen LogP contribution in [0.25, 0.3) is 0 Å². The summed E-state index contributed by atoms with van der Waals surface area (Å²) in [6.07, 6.45) is 3.35. The fourth-order valence-electron chi connectivity index (χ4n) is 1.72. The summed E-state index contributed by atoms with van der Waals surface area (Å²) in [5.74, 6) is 0. The number of hydrogen-bond donors (Lipinski definition) is 2. The molecule has 2 N–H and O–H groups in total. The van der Waals surface area contributed by atoms with Gasteiger partial charge in [0.05, 0.1) is 18.8 Å². The molecule has 2 unspecified atom stereocenters. The van der Waals surface area contributed by atoms with Crippen LogP contribution in [-0.4, -0.2) is 36.5 Å². The lowest BCUT2D eigenvalue weighted by atomic mass is 10.2. The highest BCUT2D eigenvalue weighted by Crippen LogP contribution is 2.18. The van der Waals surface area contributed by atoms with E-state index in [2.05, 4.69) is 5.32 Å². The molecular weight excluding hydrogens is 166 g/mol. The van der Waals surface area contributed by atoms with E-state index in [-0.39, 0.29) is 6.10 Å². The van der Waals surface area contributed by atoms with Crippen molar-refractivity contribution in [3.8, 4) is 0 Å². The Labute approximate surface area is 80.5 Å². The molecule has 1 saturated carbocycles. The van der Waals surface area contributed by atoms with Gasteiger partial charge in [0, 0.05) is 12.6 Å². The number of rotatable bonds is 5. The summed E-state index contributed by atoms with van der Waals surface area (Å²) < 4.78 is 5.39. The van der Waals surface area contributed by atoms with Crippen molar-refractivity contribution in [2.75, 3.05) is 13.2 Å². The maximum atomic E-state index is 9.49. The van der Waals surface area contributed by atoms with Gasteiger partial charge in [-0.2, -0.15) is 0 Å². The molecular formula is C10H21NO2. The zero-order valence-electron chi connectivity index (χ0n) is 8.62. The minimum Gasteiger partial charge on any atom is -0.392 e. The molecule has 0 amide bonds. The molecule has 0 heterocycles. The van der Waals surface area contributed by atoms with Crippen LogP contribution in [0.4, 0.5) is 0 Å². The molecule has 0 saturated heterocycles. The number of ether oxygens (including phenoxy) is 1. The highest BCUT2D eigenvalue weighted by Gasteiger charge is 2.23. The highest BCUT2D eigenvalue weighted by atomic mass is 16.5. The molecule has 0 aromatic heterocycles. The van der Waals surface area contributed by atoms with Gasteiger partial charge in [0.1, 0.15) is 0 Å². The van der Waals surface area contributed by atoms with Crippen LogP contribution in [0.1, 0.15) is 33.1 Å². The maximum absolute atomic E-state index is 9.49. The van der Waals surface area contributed by atoms with Gasteiger partial charge in [-0.25, -0.2) is 0 Å². The lowest BCUT2D eigenvalue weighted by Crippen LogP contribution is -2.37. The number of hydrogen-bond acceptors (Lipinski definition) is 3. The Morgan fingerprint density at radius 1 is 1.46 bits per heavy atom. The van der Waals surface area contributed by atoms with Gasteiger partial charge in [-0.05, 0) is 33.1 Å². The van der Waals surface area contributed by atoms with Crippen molar-refractivity contribution < 1.29 is 9.84 Å². The third kappa shape index (κ3) is 4.07. The molecule has 3 nitrogen and oxygen atoms in total. The van der Waals surface area contributed by atoms with Crippen LogP contribution in [0.15, 0.2) is 0 Å². The van der Waals surface area contributed by atoms with Crippen molar-refractivity contribution in [1.82, 2.24) is 5.32 Å². The van der Waals surface area contributed by atoms with Crippen LogP contribution in [0.3, 0.4) is 0 Å². The summed E-state index contributed by atoms with van der Waals surface area (Å²) in [7, 11) is 0. The smallest absolute Gasteiger partial charge is 0.0693 e. The molecule has 1 fully saturated rings. The average Bonchev–Trinajstić information content (AvgIpc) is 2.45. The van der Waals surface area contributed by atoms with Gasteiger partial charge in [-0.1, -0.05) is 0 Å². The first-order chi connectivity index (χ1) is 6.20. The van der Waals surface area contributed by atoms with E-state index in [9.17, 15) is 5.11 Å². The van der Waals surface area contributed by atoms with E-state index < -0.39 is 0 Å². The summed E-state index contributed by atoms with van der Waals surface area (Å²) >= 11 is 0. The van der Waals surface area contributed by atoms with Crippen molar-refractivity contribution >= 4 is 0 Å². The van der Waals surface area contributed by atoms with Gasteiger partial charge in [-0.15, -0.1) is 0 Å². The first-order valence-electron chi connectivity index (χ1n) is 5.23. The van der Waals surface area contributed by atoms with Crippen LogP contribution in [0, 0.1) is 0 Å². The molecule has 3 heteroatoms. The summed E-state index contributed by atoms with van der Waals surface area (Å²) in [4.78, 5) is 0. The van der Waals surface area contributed by atoms with E-state index in [0.717, 1.165) is 32.4 Å². The number of aliphatic hydroxyl groups is 1. The molecule has 0 aliphatic heterocycles. The molecule has 2 atom stereocenters. The van der Waals surface area contributed by atoms with Crippen LogP contribution >= 0.6 is 0 Å².